The van der Waals surface area contributed by atoms with Crippen molar-refractivity contribution in [3.05, 3.63) is 46.0 Å². The number of nitrogens with zero attached hydrogens (tertiary/aromatic N) is 2. The maximum absolute atomic E-state index is 12.4. The molecule has 0 aliphatic heterocycles. The molecule has 0 bridgehead atoms. The maximum atomic E-state index is 12.4. The zero-order chi connectivity index (χ0) is 14.3. The number of hydrogen-bond acceptors (Lipinski definition) is 4. The second-order valence-corrected chi connectivity index (χ2v) is 7.14. The molecule has 1 N–H and O–H groups in total. The highest BCUT2D eigenvalue weighted by molar-refractivity contribution is 7.92. The molecule has 2 aromatic heterocycles. The SMILES string of the molecule is O=S(=O)(Nc1cccc(Cl)c1)c1c(Cl)nc2sccn12. The van der Waals surface area contributed by atoms with E-state index in [1.54, 1.807) is 29.8 Å². The van der Waals surface area contributed by atoms with E-state index >= 15 is 0 Å². The number of rotatable bonds is 3. The third-order valence-electron chi connectivity index (χ3n) is 2.51. The summed E-state index contributed by atoms with van der Waals surface area (Å²) in [5.74, 6) is 0. The molecule has 5 nitrogen and oxygen atoms in total. The summed E-state index contributed by atoms with van der Waals surface area (Å²) in [6, 6.07) is 6.42. The summed E-state index contributed by atoms with van der Waals surface area (Å²) < 4.78 is 28.7. The predicted molar refractivity (Wildman–Crippen MR) is 80.3 cm³/mol. The molecular weight excluding hydrogens is 341 g/mol. The van der Waals surface area contributed by atoms with Crippen LogP contribution in [0.3, 0.4) is 0 Å². The van der Waals surface area contributed by atoms with Crippen LogP contribution in [0.15, 0.2) is 40.9 Å². The zero-order valence-electron chi connectivity index (χ0n) is 9.75. The Morgan fingerprint density at radius 3 is 2.85 bits per heavy atom. The molecule has 9 heteroatoms. The van der Waals surface area contributed by atoms with E-state index < -0.39 is 10.0 Å². The maximum Gasteiger partial charge on any atom is 0.281 e. The molecule has 0 saturated heterocycles. The fraction of sp³-hybridized carbons (Fsp3) is 0. The van der Waals surface area contributed by atoms with E-state index in [1.807, 2.05) is 0 Å². The van der Waals surface area contributed by atoms with Crippen LogP contribution in [0.4, 0.5) is 5.69 Å². The van der Waals surface area contributed by atoms with Crippen LogP contribution in [0.2, 0.25) is 10.2 Å². The van der Waals surface area contributed by atoms with E-state index in [-0.39, 0.29) is 10.2 Å². The molecule has 0 aliphatic carbocycles. The third kappa shape index (κ3) is 2.37. The van der Waals surface area contributed by atoms with Crippen molar-refractivity contribution < 1.29 is 8.42 Å². The summed E-state index contributed by atoms with van der Waals surface area (Å²) in [4.78, 5) is 4.52. The molecule has 0 unspecified atom stereocenters. The first-order valence-corrected chi connectivity index (χ1v) is 8.49. The van der Waals surface area contributed by atoms with Gasteiger partial charge in [-0.2, -0.15) is 8.42 Å². The van der Waals surface area contributed by atoms with E-state index in [1.165, 1.54) is 21.8 Å². The highest BCUT2D eigenvalue weighted by Gasteiger charge is 2.25. The Morgan fingerprint density at radius 2 is 2.10 bits per heavy atom. The minimum Gasteiger partial charge on any atom is -0.278 e. The number of imidazole rings is 1. The van der Waals surface area contributed by atoms with Crippen LogP contribution < -0.4 is 4.72 Å². The van der Waals surface area contributed by atoms with Gasteiger partial charge in [-0.05, 0) is 18.2 Å². The summed E-state index contributed by atoms with van der Waals surface area (Å²) in [7, 11) is -3.85. The van der Waals surface area contributed by atoms with Gasteiger partial charge in [0.2, 0.25) is 0 Å². The van der Waals surface area contributed by atoms with E-state index in [0.717, 1.165) is 0 Å². The van der Waals surface area contributed by atoms with Crippen molar-refractivity contribution in [2.45, 2.75) is 5.03 Å². The third-order valence-corrected chi connectivity index (χ3v) is 5.28. The standard InChI is InChI=1S/C11H7Cl2N3O2S2/c12-7-2-1-3-8(6-7)15-20(17,18)10-9(13)14-11-16(10)4-5-19-11/h1-6,15H. The van der Waals surface area contributed by atoms with Crippen LogP contribution in [-0.4, -0.2) is 17.8 Å². The first-order valence-electron chi connectivity index (χ1n) is 5.37. The molecule has 20 heavy (non-hydrogen) atoms. The van der Waals surface area contributed by atoms with Gasteiger partial charge in [-0.15, -0.1) is 11.3 Å². The van der Waals surface area contributed by atoms with Gasteiger partial charge in [-0.1, -0.05) is 29.3 Å². The summed E-state index contributed by atoms with van der Waals surface area (Å²) in [5.41, 5.74) is 0.360. The van der Waals surface area contributed by atoms with Crippen LogP contribution in [0.1, 0.15) is 0 Å². The number of aromatic nitrogens is 2. The van der Waals surface area contributed by atoms with Gasteiger partial charge < -0.3 is 0 Å². The minimum absolute atomic E-state index is 0.0635. The Kier molecular flexibility index (Phi) is 3.37. The zero-order valence-corrected chi connectivity index (χ0v) is 12.9. The second-order valence-electron chi connectivity index (χ2n) is 3.88. The Hall–Kier alpha value is -1.28. The Balaban J connectivity index is 2.08. The molecule has 2 heterocycles. The molecule has 3 rings (SSSR count). The monoisotopic (exact) mass is 347 g/mol. The number of sulfonamides is 1. The lowest BCUT2D eigenvalue weighted by Gasteiger charge is -2.07. The van der Waals surface area contributed by atoms with Crippen molar-refractivity contribution in [3.8, 4) is 0 Å². The summed E-state index contributed by atoms with van der Waals surface area (Å²) in [5, 5.41) is 2.02. The molecule has 0 saturated carbocycles. The largest absolute Gasteiger partial charge is 0.281 e. The second kappa shape index (κ2) is 4.92. The lowest BCUT2D eigenvalue weighted by atomic mass is 10.3. The van der Waals surface area contributed by atoms with Crippen LogP contribution >= 0.6 is 34.5 Å². The van der Waals surface area contributed by atoms with Gasteiger partial charge in [-0.3, -0.25) is 9.12 Å². The minimum atomic E-state index is -3.85. The number of anilines is 1. The molecule has 1 aromatic carbocycles. The highest BCUT2D eigenvalue weighted by atomic mass is 35.5. The van der Waals surface area contributed by atoms with E-state index in [0.29, 0.717) is 15.7 Å². The van der Waals surface area contributed by atoms with Crippen molar-refractivity contribution in [1.29, 1.82) is 0 Å². The van der Waals surface area contributed by atoms with Crippen molar-refractivity contribution in [2.75, 3.05) is 4.72 Å². The molecule has 0 spiro atoms. The van der Waals surface area contributed by atoms with Gasteiger partial charge in [0, 0.05) is 16.6 Å². The molecule has 0 atom stereocenters. The quantitative estimate of drug-likeness (QED) is 0.788. The van der Waals surface area contributed by atoms with Crippen LogP contribution in [0.25, 0.3) is 4.96 Å². The lowest BCUT2D eigenvalue weighted by molar-refractivity contribution is 0.597. The number of hydrogen-bond donors (Lipinski definition) is 1. The molecular formula is C11H7Cl2N3O2S2. The van der Waals surface area contributed by atoms with Gasteiger partial charge in [-0.25, -0.2) is 4.98 Å². The fourth-order valence-corrected chi connectivity index (χ4v) is 4.43. The first kappa shape index (κ1) is 13.7. The molecule has 104 valence electrons. The first-order chi connectivity index (χ1) is 9.47. The summed E-state index contributed by atoms with van der Waals surface area (Å²) in [6.07, 6.45) is 1.60. The molecule has 0 radical (unpaired) electrons. The van der Waals surface area contributed by atoms with E-state index in [9.17, 15) is 8.42 Å². The molecule has 0 aliphatic rings. The van der Waals surface area contributed by atoms with E-state index in [4.69, 9.17) is 23.2 Å². The highest BCUT2D eigenvalue weighted by Crippen LogP contribution is 2.27. The molecule has 0 fully saturated rings. The van der Waals surface area contributed by atoms with Gasteiger partial charge in [0.15, 0.2) is 15.1 Å². The number of halogens is 2. The Morgan fingerprint density at radius 1 is 1.30 bits per heavy atom. The number of nitrogens with one attached hydrogen (secondary N) is 1. The predicted octanol–water partition coefficient (Wildman–Crippen LogP) is 3.50. The summed E-state index contributed by atoms with van der Waals surface area (Å²) in [6.45, 7) is 0. The average molecular weight is 348 g/mol. The topological polar surface area (TPSA) is 63.5 Å². The lowest BCUT2D eigenvalue weighted by Crippen LogP contribution is -2.15. The Labute approximate surface area is 128 Å². The van der Waals surface area contributed by atoms with Gasteiger partial charge in [0.05, 0.1) is 5.69 Å². The Bertz CT molecular complexity index is 886. The van der Waals surface area contributed by atoms with Crippen molar-refractivity contribution >= 4 is 55.2 Å². The molecule has 3 aromatic rings. The fourth-order valence-electron chi connectivity index (χ4n) is 1.73. The number of benzene rings is 1. The van der Waals surface area contributed by atoms with Gasteiger partial charge in [0.1, 0.15) is 0 Å². The number of fused-ring (bicyclic) bond motifs is 1. The van der Waals surface area contributed by atoms with Crippen LogP contribution in [0.5, 0.6) is 0 Å². The average Bonchev–Trinajstić information content (AvgIpc) is 2.87. The van der Waals surface area contributed by atoms with Gasteiger partial charge in [0.25, 0.3) is 10.0 Å². The van der Waals surface area contributed by atoms with Crippen LogP contribution in [-0.2, 0) is 10.0 Å². The van der Waals surface area contributed by atoms with Crippen molar-refractivity contribution in [3.63, 3.8) is 0 Å². The van der Waals surface area contributed by atoms with E-state index in [2.05, 4.69) is 9.71 Å². The van der Waals surface area contributed by atoms with Crippen molar-refractivity contribution in [1.82, 2.24) is 9.38 Å². The van der Waals surface area contributed by atoms with Crippen molar-refractivity contribution in [2.24, 2.45) is 0 Å². The van der Waals surface area contributed by atoms with Crippen LogP contribution in [0, 0.1) is 0 Å². The van der Waals surface area contributed by atoms with Gasteiger partial charge >= 0.3 is 0 Å². The normalized spacial score (nSPS) is 11.9. The smallest absolute Gasteiger partial charge is 0.278 e. The number of thiazole rings is 1. The molecule has 0 amide bonds. The summed E-state index contributed by atoms with van der Waals surface area (Å²) >= 11 is 13.1.